The van der Waals surface area contributed by atoms with Gasteiger partial charge in [-0.25, -0.2) is 13.1 Å². The Kier molecular flexibility index (Phi) is 6.15. The maximum absolute atomic E-state index is 12.5. The van der Waals surface area contributed by atoms with Gasteiger partial charge in [0.2, 0.25) is 10.0 Å². The van der Waals surface area contributed by atoms with Crippen LogP contribution in [0.5, 0.6) is 5.75 Å². The van der Waals surface area contributed by atoms with E-state index in [0.29, 0.717) is 11.3 Å². The van der Waals surface area contributed by atoms with Gasteiger partial charge in [0.25, 0.3) is 0 Å². The molecular weight excluding hydrogens is 338 g/mol. The number of hydrogen-bond acceptors (Lipinski definition) is 5. The molecule has 7 heteroatoms. The van der Waals surface area contributed by atoms with Crippen LogP contribution in [0.15, 0.2) is 53.4 Å². The molecule has 0 fully saturated rings. The van der Waals surface area contributed by atoms with E-state index in [1.165, 1.54) is 12.1 Å². The molecule has 25 heavy (non-hydrogen) atoms. The fraction of sp³-hybridized carbons (Fsp3) is 0.278. The molecule has 0 aliphatic heterocycles. The number of rotatable bonds is 7. The van der Waals surface area contributed by atoms with Crippen LogP contribution in [0.4, 0.5) is 0 Å². The van der Waals surface area contributed by atoms with Crippen molar-refractivity contribution in [1.82, 2.24) is 9.62 Å². The maximum atomic E-state index is 12.5. The molecule has 1 unspecified atom stereocenters. The van der Waals surface area contributed by atoms with Crippen LogP contribution in [0.3, 0.4) is 0 Å². The first kappa shape index (κ1) is 18.9. The van der Waals surface area contributed by atoms with Gasteiger partial charge in [0, 0.05) is 12.1 Å². The lowest BCUT2D eigenvalue weighted by Gasteiger charge is -2.26. The van der Waals surface area contributed by atoms with Crippen LogP contribution in [-0.4, -0.2) is 41.1 Å². The Hall–Kier alpha value is -2.40. The zero-order valence-corrected chi connectivity index (χ0v) is 15.2. The molecule has 0 saturated carbocycles. The molecule has 0 aliphatic rings. The molecule has 1 N–H and O–H groups in total. The van der Waals surface area contributed by atoms with Gasteiger partial charge in [0.1, 0.15) is 5.75 Å². The minimum absolute atomic E-state index is 0.0732. The number of hydrogen-bond donors (Lipinski definition) is 1. The summed E-state index contributed by atoms with van der Waals surface area (Å²) < 4.78 is 33.1. The van der Waals surface area contributed by atoms with E-state index in [-0.39, 0.29) is 17.5 Å². The lowest BCUT2D eigenvalue weighted by atomic mass is 10.1. The summed E-state index contributed by atoms with van der Waals surface area (Å²) in [6, 6.07) is 15.2. The monoisotopic (exact) mass is 359 g/mol. The van der Waals surface area contributed by atoms with Crippen LogP contribution >= 0.6 is 0 Å². The molecule has 0 aliphatic carbocycles. The Morgan fingerprint density at radius 1 is 1.20 bits per heavy atom. The maximum Gasteiger partial charge on any atom is 0.240 e. The highest BCUT2D eigenvalue weighted by Gasteiger charge is 2.22. The van der Waals surface area contributed by atoms with E-state index in [1.54, 1.807) is 19.2 Å². The number of nitriles is 1. The number of nitrogens with zero attached hydrogens (tertiary/aromatic N) is 2. The molecule has 0 heterocycles. The molecular formula is C18H21N3O3S. The molecule has 132 valence electrons. The number of nitrogens with one attached hydrogen (secondary N) is 1. The van der Waals surface area contributed by atoms with Gasteiger partial charge in [0.05, 0.1) is 29.7 Å². The molecule has 0 bridgehead atoms. The van der Waals surface area contributed by atoms with Gasteiger partial charge < -0.3 is 9.64 Å². The Labute approximate surface area is 148 Å². The third kappa shape index (κ3) is 4.57. The van der Waals surface area contributed by atoms with Gasteiger partial charge in [-0.3, -0.25) is 0 Å². The first-order valence-corrected chi connectivity index (χ1v) is 9.16. The summed E-state index contributed by atoms with van der Waals surface area (Å²) in [5.41, 5.74) is 1.19. The van der Waals surface area contributed by atoms with Crippen molar-refractivity contribution in [3.8, 4) is 11.8 Å². The zero-order chi connectivity index (χ0) is 18.4. The van der Waals surface area contributed by atoms with Crippen LogP contribution in [-0.2, 0) is 10.0 Å². The van der Waals surface area contributed by atoms with E-state index in [1.807, 2.05) is 49.3 Å². The first-order chi connectivity index (χ1) is 11.9. The van der Waals surface area contributed by atoms with Gasteiger partial charge in [0.15, 0.2) is 0 Å². The summed E-state index contributed by atoms with van der Waals surface area (Å²) >= 11 is 0. The molecule has 1 atom stereocenters. The van der Waals surface area contributed by atoms with E-state index in [9.17, 15) is 8.42 Å². The topological polar surface area (TPSA) is 82.4 Å². The summed E-state index contributed by atoms with van der Waals surface area (Å²) in [4.78, 5) is 2.00. The minimum atomic E-state index is -3.72. The molecule has 0 amide bonds. The quantitative estimate of drug-likeness (QED) is 0.819. The van der Waals surface area contributed by atoms with Crippen molar-refractivity contribution < 1.29 is 13.2 Å². The molecule has 0 aromatic heterocycles. The Balaban J connectivity index is 2.25. The predicted molar refractivity (Wildman–Crippen MR) is 95.8 cm³/mol. The summed E-state index contributed by atoms with van der Waals surface area (Å²) in [5.74, 6) is 0.701. The molecule has 6 nitrogen and oxygen atoms in total. The van der Waals surface area contributed by atoms with Crippen LogP contribution in [0.2, 0.25) is 0 Å². The van der Waals surface area contributed by atoms with Crippen LogP contribution in [0.25, 0.3) is 0 Å². The first-order valence-electron chi connectivity index (χ1n) is 7.68. The van der Waals surface area contributed by atoms with Gasteiger partial charge in [-0.05, 0) is 38.4 Å². The van der Waals surface area contributed by atoms with E-state index in [4.69, 9.17) is 10.00 Å². The second kappa shape index (κ2) is 8.12. The number of methoxy groups -OCH3 is 1. The van der Waals surface area contributed by atoms with Crippen LogP contribution in [0.1, 0.15) is 17.2 Å². The van der Waals surface area contributed by atoms with Crippen molar-refractivity contribution in [1.29, 1.82) is 5.26 Å². The number of likely N-dealkylation sites (N-methyl/N-ethyl adjacent to an activating group) is 1. The van der Waals surface area contributed by atoms with Crippen molar-refractivity contribution in [2.45, 2.75) is 10.9 Å². The highest BCUT2D eigenvalue weighted by Crippen LogP contribution is 2.27. The molecule has 0 radical (unpaired) electrons. The van der Waals surface area contributed by atoms with E-state index >= 15 is 0 Å². The van der Waals surface area contributed by atoms with Crippen LogP contribution in [0, 0.1) is 11.3 Å². The Morgan fingerprint density at radius 3 is 2.56 bits per heavy atom. The third-order valence-corrected chi connectivity index (χ3v) is 5.28. The summed E-state index contributed by atoms with van der Waals surface area (Å²) in [7, 11) is 1.62. The smallest absolute Gasteiger partial charge is 0.240 e. The summed E-state index contributed by atoms with van der Waals surface area (Å²) in [6.45, 7) is 0.173. The minimum Gasteiger partial charge on any atom is -0.496 e. The Bertz CT molecular complexity index is 873. The number of para-hydroxylation sites is 1. The molecule has 0 spiro atoms. The fourth-order valence-corrected chi connectivity index (χ4v) is 3.60. The van der Waals surface area contributed by atoms with Crippen LogP contribution < -0.4 is 9.46 Å². The SMILES string of the molecule is COc1ccccc1C(CNS(=O)(=O)c1cccc(C#N)c1)N(C)C. The highest BCUT2D eigenvalue weighted by molar-refractivity contribution is 7.89. The predicted octanol–water partition coefficient (Wildman–Crippen LogP) is 2.15. The largest absolute Gasteiger partial charge is 0.496 e. The molecule has 2 aromatic carbocycles. The van der Waals surface area contributed by atoms with Gasteiger partial charge >= 0.3 is 0 Å². The van der Waals surface area contributed by atoms with Crippen molar-refractivity contribution in [2.75, 3.05) is 27.7 Å². The van der Waals surface area contributed by atoms with Gasteiger partial charge in [-0.2, -0.15) is 5.26 Å². The molecule has 0 saturated heterocycles. The zero-order valence-electron chi connectivity index (χ0n) is 14.4. The standard InChI is InChI=1S/C18H21N3O3S/c1-21(2)17(16-9-4-5-10-18(16)24-3)13-20-25(22,23)15-8-6-7-14(11-15)12-19/h4-11,17,20H,13H2,1-3H3. The highest BCUT2D eigenvalue weighted by atomic mass is 32.2. The van der Waals surface area contributed by atoms with E-state index in [2.05, 4.69) is 4.72 Å². The van der Waals surface area contributed by atoms with E-state index < -0.39 is 10.0 Å². The van der Waals surface area contributed by atoms with Gasteiger partial charge in [-0.15, -0.1) is 0 Å². The molecule has 2 rings (SSSR count). The lowest BCUT2D eigenvalue weighted by molar-refractivity contribution is 0.289. The van der Waals surface area contributed by atoms with Crippen molar-refractivity contribution in [3.63, 3.8) is 0 Å². The average Bonchev–Trinajstić information content (AvgIpc) is 2.62. The van der Waals surface area contributed by atoms with Gasteiger partial charge in [-0.1, -0.05) is 24.3 Å². The summed E-state index contributed by atoms with van der Waals surface area (Å²) in [5, 5.41) is 8.94. The number of sulfonamides is 1. The van der Waals surface area contributed by atoms with Crippen molar-refractivity contribution in [3.05, 3.63) is 59.7 Å². The van der Waals surface area contributed by atoms with Crippen molar-refractivity contribution in [2.24, 2.45) is 0 Å². The number of ether oxygens (including phenoxy) is 1. The average molecular weight is 359 g/mol. The normalized spacial score (nSPS) is 12.6. The second-order valence-electron chi connectivity index (χ2n) is 5.71. The number of benzene rings is 2. The van der Waals surface area contributed by atoms with E-state index in [0.717, 1.165) is 5.56 Å². The summed E-state index contributed by atoms with van der Waals surface area (Å²) in [6.07, 6.45) is 0. The second-order valence-corrected chi connectivity index (χ2v) is 7.48. The lowest BCUT2D eigenvalue weighted by Crippen LogP contribution is -2.34. The third-order valence-electron chi connectivity index (χ3n) is 3.86. The fourth-order valence-electron chi connectivity index (χ4n) is 2.52. The molecule has 2 aromatic rings. The Morgan fingerprint density at radius 2 is 1.92 bits per heavy atom. The van der Waals surface area contributed by atoms with Crippen molar-refractivity contribution >= 4 is 10.0 Å².